The average Bonchev–Trinajstić information content (AvgIpc) is 3.07. The Morgan fingerprint density at radius 1 is 1.13 bits per heavy atom. The summed E-state index contributed by atoms with van der Waals surface area (Å²) in [5.74, 6) is 1.44. The van der Waals surface area contributed by atoms with Crippen LogP contribution in [0.5, 0.6) is 5.75 Å². The van der Waals surface area contributed by atoms with Crippen molar-refractivity contribution in [2.75, 3.05) is 11.1 Å². The minimum absolute atomic E-state index is 0.0461. The fraction of sp³-hybridized carbons (Fsp3) is 0.273. The van der Waals surface area contributed by atoms with Gasteiger partial charge in [-0.25, -0.2) is 0 Å². The summed E-state index contributed by atoms with van der Waals surface area (Å²) >= 11 is 1.29. The number of aromatic nitrogens is 3. The number of thioether (sulfide) groups is 1. The highest BCUT2D eigenvalue weighted by atomic mass is 32.2. The maximum Gasteiger partial charge on any atom is 0.234 e. The quantitative estimate of drug-likeness (QED) is 0.435. The van der Waals surface area contributed by atoms with Gasteiger partial charge >= 0.3 is 0 Å². The lowest BCUT2D eigenvalue weighted by Crippen LogP contribution is -2.15. The Labute approximate surface area is 179 Å². The van der Waals surface area contributed by atoms with E-state index in [4.69, 9.17) is 4.74 Å². The summed E-state index contributed by atoms with van der Waals surface area (Å²) in [6, 6.07) is 12.9. The van der Waals surface area contributed by atoms with Crippen molar-refractivity contribution in [2.45, 2.75) is 32.5 Å². The van der Waals surface area contributed by atoms with E-state index in [-0.39, 0.29) is 17.4 Å². The van der Waals surface area contributed by atoms with Gasteiger partial charge in [-0.05, 0) is 50.1 Å². The van der Waals surface area contributed by atoms with E-state index in [0.717, 1.165) is 16.9 Å². The smallest absolute Gasteiger partial charge is 0.234 e. The molecule has 0 bridgehead atoms. The highest BCUT2D eigenvalue weighted by Crippen LogP contribution is 2.21. The minimum atomic E-state index is -0.183. The molecule has 8 heteroatoms. The van der Waals surface area contributed by atoms with Crippen molar-refractivity contribution in [3.63, 3.8) is 0 Å². The van der Waals surface area contributed by atoms with E-state index >= 15 is 0 Å². The highest BCUT2D eigenvalue weighted by Gasteiger charge is 2.13. The third-order valence-electron chi connectivity index (χ3n) is 4.51. The van der Waals surface area contributed by atoms with Gasteiger partial charge in [-0.3, -0.25) is 9.59 Å². The number of benzene rings is 2. The molecule has 0 unspecified atom stereocenters. The Morgan fingerprint density at radius 3 is 2.70 bits per heavy atom. The molecule has 0 aliphatic heterocycles. The number of anilines is 1. The van der Waals surface area contributed by atoms with Gasteiger partial charge < -0.3 is 14.6 Å². The molecular weight excluding hydrogens is 400 g/mol. The van der Waals surface area contributed by atoms with E-state index in [1.165, 1.54) is 18.7 Å². The maximum absolute atomic E-state index is 12.3. The molecule has 0 radical (unpaired) electrons. The Morgan fingerprint density at radius 2 is 1.93 bits per heavy atom. The number of amides is 1. The molecule has 156 valence electrons. The summed E-state index contributed by atoms with van der Waals surface area (Å²) in [7, 11) is 1.85. The number of carbonyl (C=O) groups excluding carboxylic acids is 2. The van der Waals surface area contributed by atoms with Gasteiger partial charge in [-0.15, -0.1) is 10.2 Å². The van der Waals surface area contributed by atoms with Crippen molar-refractivity contribution in [1.82, 2.24) is 14.8 Å². The molecule has 30 heavy (non-hydrogen) atoms. The normalized spacial score (nSPS) is 10.7. The number of nitrogens with one attached hydrogen (secondary N) is 1. The van der Waals surface area contributed by atoms with Crippen LogP contribution in [0, 0.1) is 13.8 Å². The molecule has 0 fully saturated rings. The van der Waals surface area contributed by atoms with Crippen LogP contribution in [0.4, 0.5) is 5.69 Å². The standard InChI is InChI=1S/C22H24N4O3S/c1-14-8-9-15(2)19(10-14)29-12-20-24-25-22(26(20)4)30-13-21(28)23-18-7-5-6-17(11-18)16(3)27/h5-11H,12-13H2,1-4H3,(H,23,28). The number of aryl methyl sites for hydroxylation is 2. The Hall–Kier alpha value is -3.13. The van der Waals surface area contributed by atoms with Gasteiger partial charge in [-0.1, -0.05) is 36.0 Å². The summed E-state index contributed by atoms with van der Waals surface area (Å²) < 4.78 is 7.71. The predicted molar refractivity (Wildman–Crippen MR) is 117 cm³/mol. The third-order valence-corrected chi connectivity index (χ3v) is 5.53. The number of nitrogens with zero attached hydrogens (tertiary/aromatic N) is 3. The average molecular weight is 425 g/mol. The third kappa shape index (κ3) is 5.48. The van der Waals surface area contributed by atoms with Crippen LogP contribution in [-0.2, 0) is 18.4 Å². The summed E-state index contributed by atoms with van der Waals surface area (Å²) in [4.78, 5) is 23.7. The lowest BCUT2D eigenvalue weighted by Gasteiger charge is -2.10. The monoisotopic (exact) mass is 424 g/mol. The number of Topliss-reactive ketones (excluding diaryl/α,β-unsaturated/α-hetero) is 1. The molecule has 1 aromatic heterocycles. The van der Waals surface area contributed by atoms with Gasteiger partial charge in [0.15, 0.2) is 16.8 Å². The molecular formula is C22H24N4O3S. The highest BCUT2D eigenvalue weighted by molar-refractivity contribution is 7.99. The van der Waals surface area contributed by atoms with Gasteiger partial charge in [0, 0.05) is 18.3 Å². The van der Waals surface area contributed by atoms with Gasteiger partial charge in [0.05, 0.1) is 5.75 Å². The second kappa shape index (κ2) is 9.58. The molecule has 3 aromatic rings. The lowest BCUT2D eigenvalue weighted by molar-refractivity contribution is -0.113. The van der Waals surface area contributed by atoms with E-state index in [9.17, 15) is 9.59 Å². The van der Waals surface area contributed by atoms with Crippen molar-refractivity contribution < 1.29 is 14.3 Å². The van der Waals surface area contributed by atoms with Crippen molar-refractivity contribution in [2.24, 2.45) is 7.05 Å². The van der Waals surface area contributed by atoms with Crippen LogP contribution in [0.25, 0.3) is 0 Å². The molecule has 0 aliphatic carbocycles. The minimum Gasteiger partial charge on any atom is -0.485 e. The van der Waals surface area contributed by atoms with E-state index in [2.05, 4.69) is 15.5 Å². The van der Waals surface area contributed by atoms with Gasteiger partial charge in [-0.2, -0.15) is 0 Å². The van der Waals surface area contributed by atoms with Crippen molar-refractivity contribution in [1.29, 1.82) is 0 Å². The van der Waals surface area contributed by atoms with Crippen LogP contribution in [0.2, 0.25) is 0 Å². The van der Waals surface area contributed by atoms with Crippen molar-refractivity contribution in [3.8, 4) is 5.75 Å². The van der Waals surface area contributed by atoms with Gasteiger partial charge in [0.2, 0.25) is 5.91 Å². The summed E-state index contributed by atoms with van der Waals surface area (Å²) in [6.07, 6.45) is 0. The summed E-state index contributed by atoms with van der Waals surface area (Å²) in [6.45, 7) is 5.80. The lowest BCUT2D eigenvalue weighted by atomic mass is 10.1. The van der Waals surface area contributed by atoms with Crippen LogP contribution < -0.4 is 10.1 Å². The number of rotatable bonds is 8. The molecule has 0 saturated carbocycles. The first kappa shape index (κ1) is 21.6. The van der Waals surface area contributed by atoms with Gasteiger partial charge in [0.25, 0.3) is 0 Å². The zero-order chi connectivity index (χ0) is 21.7. The maximum atomic E-state index is 12.3. The first-order chi connectivity index (χ1) is 14.3. The van der Waals surface area contributed by atoms with Crippen molar-refractivity contribution >= 4 is 29.1 Å². The van der Waals surface area contributed by atoms with Crippen LogP contribution >= 0.6 is 11.8 Å². The molecule has 2 aromatic carbocycles. The van der Waals surface area contributed by atoms with Crippen LogP contribution in [0.1, 0.15) is 34.2 Å². The SMILES string of the molecule is CC(=O)c1cccc(NC(=O)CSc2nnc(COc3cc(C)ccc3C)n2C)c1. The summed E-state index contributed by atoms with van der Waals surface area (Å²) in [5.41, 5.74) is 3.34. The van der Waals surface area contributed by atoms with Crippen LogP contribution in [0.15, 0.2) is 47.6 Å². The molecule has 7 nitrogen and oxygen atoms in total. The Balaban J connectivity index is 1.56. The Kier molecular flexibility index (Phi) is 6.89. The van der Waals surface area contributed by atoms with E-state index < -0.39 is 0 Å². The second-order valence-electron chi connectivity index (χ2n) is 6.99. The molecule has 1 heterocycles. The zero-order valence-electron chi connectivity index (χ0n) is 17.4. The van der Waals surface area contributed by atoms with E-state index in [1.54, 1.807) is 24.3 Å². The fourth-order valence-electron chi connectivity index (χ4n) is 2.74. The molecule has 0 atom stereocenters. The molecule has 3 rings (SSSR count). The first-order valence-electron chi connectivity index (χ1n) is 9.45. The number of hydrogen-bond donors (Lipinski definition) is 1. The molecule has 0 spiro atoms. The topological polar surface area (TPSA) is 86.1 Å². The van der Waals surface area contributed by atoms with Crippen LogP contribution in [0.3, 0.4) is 0 Å². The fourth-order valence-corrected chi connectivity index (χ4v) is 3.47. The number of ether oxygens (including phenoxy) is 1. The second-order valence-corrected chi connectivity index (χ2v) is 7.93. The first-order valence-corrected chi connectivity index (χ1v) is 10.4. The molecule has 1 N–H and O–H groups in total. The molecule has 0 aliphatic rings. The molecule has 0 saturated heterocycles. The predicted octanol–water partition coefficient (Wildman–Crippen LogP) is 3.94. The summed E-state index contributed by atoms with van der Waals surface area (Å²) in [5, 5.41) is 11.8. The number of carbonyl (C=O) groups is 2. The largest absolute Gasteiger partial charge is 0.485 e. The number of ketones is 1. The number of hydrogen-bond acceptors (Lipinski definition) is 6. The van der Waals surface area contributed by atoms with E-state index in [1.807, 2.05) is 43.7 Å². The Bertz CT molecular complexity index is 1080. The van der Waals surface area contributed by atoms with Crippen molar-refractivity contribution in [3.05, 3.63) is 65.0 Å². The van der Waals surface area contributed by atoms with E-state index in [0.29, 0.717) is 28.8 Å². The molecule has 1 amide bonds. The van der Waals surface area contributed by atoms with Crippen LogP contribution in [-0.4, -0.2) is 32.2 Å². The van der Waals surface area contributed by atoms with Gasteiger partial charge in [0.1, 0.15) is 12.4 Å². The zero-order valence-corrected chi connectivity index (χ0v) is 18.2.